The molecule has 3 nitrogen and oxygen atoms in total. The van der Waals surface area contributed by atoms with Gasteiger partial charge < -0.3 is 4.42 Å². The van der Waals surface area contributed by atoms with Crippen molar-refractivity contribution in [2.45, 2.75) is 19.8 Å². The highest BCUT2D eigenvalue weighted by molar-refractivity contribution is 9.10. The maximum Gasteiger partial charge on any atom is 0.153 e. The molecule has 0 spiro atoms. The Balaban J connectivity index is 2.09. The highest BCUT2D eigenvalue weighted by Gasteiger charge is 2.10. The lowest BCUT2D eigenvalue weighted by Crippen LogP contribution is -1.96. The standard InChI is InChI=1S/C15H13BrN2O/c1-2-5-15-17-11(9-14(16)18-15)13-8-10-6-3-4-7-12(10)19-13/h3-4,6-9H,2,5H2,1H3. The van der Waals surface area contributed by atoms with E-state index in [1.54, 1.807) is 0 Å². The molecule has 3 aromatic rings. The molecule has 96 valence electrons. The van der Waals surface area contributed by atoms with Crippen LogP contribution in [0, 0.1) is 0 Å². The molecule has 0 aliphatic rings. The number of nitrogens with zero attached hydrogens (tertiary/aromatic N) is 2. The van der Waals surface area contributed by atoms with Gasteiger partial charge in [-0.2, -0.15) is 0 Å². The molecule has 0 saturated carbocycles. The Morgan fingerprint density at radius 3 is 2.79 bits per heavy atom. The molecule has 19 heavy (non-hydrogen) atoms. The van der Waals surface area contributed by atoms with Gasteiger partial charge >= 0.3 is 0 Å². The van der Waals surface area contributed by atoms with Crippen LogP contribution in [0.2, 0.25) is 0 Å². The average Bonchev–Trinajstić information content (AvgIpc) is 2.82. The first kappa shape index (κ1) is 12.4. The smallest absolute Gasteiger partial charge is 0.153 e. The zero-order chi connectivity index (χ0) is 13.2. The number of hydrogen-bond acceptors (Lipinski definition) is 3. The van der Waals surface area contributed by atoms with Crippen molar-refractivity contribution in [3.05, 3.63) is 46.8 Å². The van der Waals surface area contributed by atoms with E-state index in [1.807, 2.05) is 36.4 Å². The third-order valence-corrected chi connectivity index (χ3v) is 3.30. The van der Waals surface area contributed by atoms with Crippen LogP contribution in [0.4, 0.5) is 0 Å². The lowest BCUT2D eigenvalue weighted by molar-refractivity contribution is 0.627. The molecule has 4 heteroatoms. The van der Waals surface area contributed by atoms with Crippen molar-refractivity contribution in [2.75, 3.05) is 0 Å². The molecule has 1 aromatic carbocycles. The van der Waals surface area contributed by atoms with Crippen LogP contribution in [0.3, 0.4) is 0 Å². The van der Waals surface area contributed by atoms with Crippen molar-refractivity contribution in [1.82, 2.24) is 9.97 Å². The van der Waals surface area contributed by atoms with Crippen molar-refractivity contribution in [2.24, 2.45) is 0 Å². The molecule has 0 aliphatic heterocycles. The number of halogens is 1. The fraction of sp³-hybridized carbons (Fsp3) is 0.200. The van der Waals surface area contributed by atoms with Crippen LogP contribution in [0.1, 0.15) is 19.2 Å². The molecule has 0 fully saturated rings. The highest BCUT2D eigenvalue weighted by atomic mass is 79.9. The molecule has 0 N–H and O–H groups in total. The summed E-state index contributed by atoms with van der Waals surface area (Å²) >= 11 is 3.43. The molecule has 0 amide bonds. The molecule has 2 heterocycles. The molecule has 0 aliphatic carbocycles. The Hall–Kier alpha value is -1.68. The largest absolute Gasteiger partial charge is 0.454 e. The van der Waals surface area contributed by atoms with Gasteiger partial charge in [-0.05, 0) is 34.5 Å². The van der Waals surface area contributed by atoms with E-state index in [2.05, 4.69) is 32.8 Å². The first-order valence-electron chi connectivity index (χ1n) is 6.28. The lowest BCUT2D eigenvalue weighted by atomic mass is 10.2. The predicted octanol–water partition coefficient (Wildman–Crippen LogP) is 4.60. The SMILES string of the molecule is CCCc1nc(Br)cc(-c2cc3ccccc3o2)n1. The van der Waals surface area contributed by atoms with E-state index in [-0.39, 0.29) is 0 Å². The van der Waals surface area contributed by atoms with E-state index in [0.717, 1.165) is 45.7 Å². The lowest BCUT2D eigenvalue weighted by Gasteiger charge is -2.01. The van der Waals surface area contributed by atoms with Crippen LogP contribution in [0.25, 0.3) is 22.4 Å². The minimum absolute atomic E-state index is 0.779. The van der Waals surface area contributed by atoms with Crippen molar-refractivity contribution in [3.8, 4) is 11.5 Å². The summed E-state index contributed by atoms with van der Waals surface area (Å²) in [6, 6.07) is 11.9. The first-order chi connectivity index (χ1) is 9.26. The van der Waals surface area contributed by atoms with Gasteiger partial charge in [-0.15, -0.1) is 0 Å². The van der Waals surface area contributed by atoms with Crippen LogP contribution in [0.15, 0.2) is 45.4 Å². The minimum Gasteiger partial charge on any atom is -0.454 e. The number of fused-ring (bicyclic) bond motifs is 1. The number of aromatic nitrogens is 2. The molecule has 0 radical (unpaired) electrons. The van der Waals surface area contributed by atoms with E-state index in [1.165, 1.54) is 0 Å². The van der Waals surface area contributed by atoms with Gasteiger partial charge in [-0.1, -0.05) is 25.1 Å². The van der Waals surface area contributed by atoms with Crippen molar-refractivity contribution >= 4 is 26.9 Å². The fourth-order valence-electron chi connectivity index (χ4n) is 2.03. The Bertz CT molecular complexity index is 688. The Labute approximate surface area is 119 Å². The summed E-state index contributed by atoms with van der Waals surface area (Å²) in [5, 5.41) is 1.09. The summed E-state index contributed by atoms with van der Waals surface area (Å²) in [7, 11) is 0. The van der Waals surface area contributed by atoms with Gasteiger partial charge in [0.25, 0.3) is 0 Å². The van der Waals surface area contributed by atoms with E-state index in [9.17, 15) is 0 Å². The summed E-state index contributed by atoms with van der Waals surface area (Å²) in [5.74, 6) is 1.62. The zero-order valence-electron chi connectivity index (χ0n) is 10.6. The molecule has 3 rings (SSSR count). The zero-order valence-corrected chi connectivity index (χ0v) is 12.1. The quantitative estimate of drug-likeness (QED) is 0.662. The Kier molecular flexibility index (Phi) is 3.34. The third-order valence-electron chi connectivity index (χ3n) is 2.89. The third kappa shape index (κ3) is 2.54. The summed E-state index contributed by atoms with van der Waals surface area (Å²) in [6.07, 6.45) is 1.89. The van der Waals surface area contributed by atoms with Crippen LogP contribution in [-0.4, -0.2) is 9.97 Å². The molecule has 0 saturated heterocycles. The molecule has 0 unspecified atom stereocenters. The molecule has 2 aromatic heterocycles. The van der Waals surface area contributed by atoms with Gasteiger partial charge in [-0.25, -0.2) is 9.97 Å². The Morgan fingerprint density at radius 2 is 2.00 bits per heavy atom. The van der Waals surface area contributed by atoms with Crippen molar-refractivity contribution in [3.63, 3.8) is 0 Å². The monoisotopic (exact) mass is 316 g/mol. The van der Waals surface area contributed by atoms with Gasteiger partial charge in [0.1, 0.15) is 21.7 Å². The van der Waals surface area contributed by atoms with Gasteiger partial charge in [0.05, 0.1) is 0 Å². The highest BCUT2D eigenvalue weighted by Crippen LogP contribution is 2.27. The van der Waals surface area contributed by atoms with Gasteiger partial charge in [0, 0.05) is 17.9 Å². The van der Waals surface area contributed by atoms with E-state index < -0.39 is 0 Å². The summed E-state index contributed by atoms with van der Waals surface area (Å²) in [6.45, 7) is 2.12. The van der Waals surface area contributed by atoms with Crippen LogP contribution in [-0.2, 0) is 6.42 Å². The normalized spacial score (nSPS) is 11.1. The predicted molar refractivity (Wildman–Crippen MR) is 78.9 cm³/mol. The summed E-state index contributed by atoms with van der Waals surface area (Å²) in [4.78, 5) is 8.92. The average molecular weight is 317 g/mol. The minimum atomic E-state index is 0.779. The fourth-order valence-corrected chi connectivity index (χ4v) is 2.46. The number of aryl methyl sites for hydroxylation is 1. The van der Waals surface area contributed by atoms with Crippen LogP contribution in [0.5, 0.6) is 0 Å². The molecule has 0 atom stereocenters. The van der Waals surface area contributed by atoms with Gasteiger partial charge in [0.15, 0.2) is 5.76 Å². The number of hydrogen-bond donors (Lipinski definition) is 0. The number of furan rings is 1. The maximum absolute atomic E-state index is 5.83. The maximum atomic E-state index is 5.83. The second kappa shape index (κ2) is 5.13. The van der Waals surface area contributed by atoms with E-state index in [4.69, 9.17) is 4.42 Å². The van der Waals surface area contributed by atoms with Crippen molar-refractivity contribution < 1.29 is 4.42 Å². The van der Waals surface area contributed by atoms with Crippen molar-refractivity contribution in [1.29, 1.82) is 0 Å². The molecular weight excluding hydrogens is 304 g/mol. The van der Waals surface area contributed by atoms with E-state index >= 15 is 0 Å². The van der Waals surface area contributed by atoms with Gasteiger partial charge in [-0.3, -0.25) is 0 Å². The van der Waals surface area contributed by atoms with Crippen LogP contribution < -0.4 is 0 Å². The molecular formula is C15H13BrN2O. The molecule has 0 bridgehead atoms. The summed E-state index contributed by atoms with van der Waals surface area (Å²) in [5.41, 5.74) is 1.70. The Morgan fingerprint density at radius 1 is 1.16 bits per heavy atom. The number of benzene rings is 1. The second-order valence-corrected chi connectivity index (χ2v) is 5.20. The summed E-state index contributed by atoms with van der Waals surface area (Å²) < 4.78 is 6.62. The van der Waals surface area contributed by atoms with Crippen LogP contribution >= 0.6 is 15.9 Å². The first-order valence-corrected chi connectivity index (χ1v) is 7.08. The number of para-hydroxylation sites is 1. The second-order valence-electron chi connectivity index (χ2n) is 4.39. The van der Waals surface area contributed by atoms with Gasteiger partial charge in [0.2, 0.25) is 0 Å². The van der Waals surface area contributed by atoms with E-state index in [0.29, 0.717) is 0 Å². The number of rotatable bonds is 3. The topological polar surface area (TPSA) is 38.9 Å².